The lowest BCUT2D eigenvalue weighted by atomic mass is 9.74. The summed E-state index contributed by atoms with van der Waals surface area (Å²) in [5.74, 6) is -2.75. The third kappa shape index (κ3) is 4.07. The third-order valence-corrected chi connectivity index (χ3v) is 6.51. The molecule has 2 aromatic heterocycles. The summed E-state index contributed by atoms with van der Waals surface area (Å²) in [5, 5.41) is 14.8. The molecule has 3 heterocycles. The molecule has 36 heavy (non-hydrogen) atoms. The Morgan fingerprint density at radius 3 is 2.58 bits per heavy atom. The van der Waals surface area contributed by atoms with E-state index < -0.39 is 29.5 Å². The molecule has 1 atom stereocenters. The second-order valence-corrected chi connectivity index (χ2v) is 8.80. The van der Waals surface area contributed by atoms with Gasteiger partial charge in [-0.3, -0.25) is 0 Å². The average molecular weight is 496 g/mol. The molecule has 2 aromatic carbocycles. The molecule has 0 spiro atoms. The standard InChI is InChI=1S/C26H24F3N5O2/c1-16-13-33(15-30-16)21-6-4-17(10-22(21)36-2)5-7-23-31-25-26(14-35,8-3-9-34(25)32-23)18-11-19(27)24(29)20(28)12-18/h4-7,10-13,15,35H,3,8-9,14H2,1-2H3. The summed E-state index contributed by atoms with van der Waals surface area (Å²) in [6, 6.07) is 7.55. The van der Waals surface area contributed by atoms with Crippen molar-refractivity contribution in [2.75, 3.05) is 13.7 Å². The van der Waals surface area contributed by atoms with Crippen LogP contribution in [0, 0.1) is 24.4 Å². The van der Waals surface area contributed by atoms with E-state index in [1.165, 1.54) is 0 Å². The van der Waals surface area contributed by atoms with Crippen LogP contribution in [-0.2, 0) is 12.0 Å². The molecular weight excluding hydrogens is 471 g/mol. The summed E-state index contributed by atoms with van der Waals surface area (Å²) in [6.07, 6.45) is 8.16. The molecule has 4 aromatic rings. The number of aryl methyl sites for hydroxylation is 2. The molecule has 0 saturated carbocycles. The largest absolute Gasteiger partial charge is 0.495 e. The summed E-state index contributed by atoms with van der Waals surface area (Å²) >= 11 is 0. The summed E-state index contributed by atoms with van der Waals surface area (Å²) < 4.78 is 50.7. The smallest absolute Gasteiger partial charge is 0.194 e. The fraction of sp³-hybridized carbons (Fsp3) is 0.269. The van der Waals surface area contributed by atoms with Crippen molar-refractivity contribution in [3.8, 4) is 11.4 Å². The molecule has 7 nitrogen and oxygen atoms in total. The van der Waals surface area contributed by atoms with Crippen molar-refractivity contribution in [2.45, 2.75) is 31.7 Å². The van der Waals surface area contributed by atoms with Crippen LogP contribution in [0.5, 0.6) is 5.75 Å². The van der Waals surface area contributed by atoms with Crippen LogP contribution in [0.4, 0.5) is 13.2 Å². The highest BCUT2D eigenvalue weighted by atomic mass is 19.2. The van der Waals surface area contributed by atoms with Gasteiger partial charge in [-0.2, -0.15) is 5.10 Å². The van der Waals surface area contributed by atoms with Crippen molar-refractivity contribution in [3.05, 3.63) is 88.8 Å². The van der Waals surface area contributed by atoms with Gasteiger partial charge in [0.2, 0.25) is 0 Å². The molecule has 0 bridgehead atoms. The lowest BCUT2D eigenvalue weighted by Gasteiger charge is -2.35. The van der Waals surface area contributed by atoms with Gasteiger partial charge in [0.05, 0.1) is 36.8 Å². The van der Waals surface area contributed by atoms with E-state index in [2.05, 4.69) is 15.1 Å². The van der Waals surface area contributed by atoms with Gasteiger partial charge < -0.3 is 14.4 Å². The Hall–Kier alpha value is -3.92. The van der Waals surface area contributed by atoms with Crippen LogP contribution < -0.4 is 4.74 Å². The van der Waals surface area contributed by atoms with Crippen molar-refractivity contribution < 1.29 is 23.0 Å². The molecular formula is C26H24F3N5O2. The van der Waals surface area contributed by atoms with E-state index in [0.717, 1.165) is 29.1 Å². The number of halogens is 3. The van der Waals surface area contributed by atoms with Crippen LogP contribution >= 0.6 is 0 Å². The Bertz CT molecular complexity index is 1440. The van der Waals surface area contributed by atoms with Crippen LogP contribution in [-0.4, -0.2) is 43.1 Å². The number of fused-ring (bicyclic) bond motifs is 1. The number of ether oxygens (including phenoxy) is 1. The van der Waals surface area contributed by atoms with Crippen LogP contribution in [0.3, 0.4) is 0 Å². The minimum absolute atomic E-state index is 0.125. The Morgan fingerprint density at radius 1 is 1.14 bits per heavy atom. The first kappa shape index (κ1) is 23.8. The summed E-state index contributed by atoms with van der Waals surface area (Å²) in [4.78, 5) is 8.83. The van der Waals surface area contributed by atoms with Gasteiger partial charge in [0.1, 0.15) is 11.6 Å². The van der Waals surface area contributed by atoms with Crippen LogP contribution in [0.15, 0.2) is 42.9 Å². The highest BCUT2D eigenvalue weighted by Gasteiger charge is 2.42. The first-order chi connectivity index (χ1) is 17.3. The summed E-state index contributed by atoms with van der Waals surface area (Å²) in [7, 11) is 1.59. The minimum atomic E-state index is -1.54. The third-order valence-electron chi connectivity index (χ3n) is 6.51. The highest BCUT2D eigenvalue weighted by Crippen LogP contribution is 2.40. The van der Waals surface area contributed by atoms with Crippen molar-refractivity contribution in [2.24, 2.45) is 0 Å². The number of imidazole rings is 1. The number of aromatic nitrogens is 5. The van der Waals surface area contributed by atoms with Crippen molar-refractivity contribution >= 4 is 12.2 Å². The molecule has 1 unspecified atom stereocenters. The fourth-order valence-corrected chi connectivity index (χ4v) is 4.66. The number of hydrogen-bond donors (Lipinski definition) is 1. The fourth-order valence-electron chi connectivity index (χ4n) is 4.66. The van der Waals surface area contributed by atoms with E-state index in [0.29, 0.717) is 36.8 Å². The lowest BCUT2D eigenvalue weighted by molar-refractivity contribution is 0.180. The predicted octanol–water partition coefficient (Wildman–Crippen LogP) is 4.44. The van der Waals surface area contributed by atoms with E-state index in [1.807, 2.05) is 42.0 Å². The predicted molar refractivity (Wildman–Crippen MR) is 127 cm³/mol. The normalized spacial score (nSPS) is 17.5. The minimum Gasteiger partial charge on any atom is -0.495 e. The topological polar surface area (TPSA) is 78.0 Å². The molecule has 1 aliphatic rings. The maximum absolute atomic E-state index is 14.0. The first-order valence-electron chi connectivity index (χ1n) is 11.4. The average Bonchev–Trinajstić information content (AvgIpc) is 3.51. The molecule has 0 saturated heterocycles. The van der Waals surface area contributed by atoms with Crippen molar-refractivity contribution in [1.82, 2.24) is 24.3 Å². The highest BCUT2D eigenvalue weighted by molar-refractivity contribution is 5.69. The number of aliphatic hydroxyl groups is 1. The van der Waals surface area contributed by atoms with Crippen molar-refractivity contribution in [3.63, 3.8) is 0 Å². The van der Waals surface area contributed by atoms with Gasteiger partial charge in [0.25, 0.3) is 0 Å². The van der Waals surface area contributed by atoms with Crippen LogP contribution in [0.2, 0.25) is 0 Å². The SMILES string of the molecule is COc1cc(C=Cc2nc3n(n2)CCCC3(CO)c2cc(F)c(F)c(F)c2)ccc1-n1cnc(C)c1. The van der Waals surface area contributed by atoms with Gasteiger partial charge >= 0.3 is 0 Å². The summed E-state index contributed by atoms with van der Waals surface area (Å²) in [6.45, 7) is 1.99. The zero-order valence-electron chi connectivity index (χ0n) is 19.8. The van der Waals surface area contributed by atoms with Crippen LogP contribution in [0.25, 0.3) is 17.8 Å². The number of aliphatic hydroxyl groups excluding tert-OH is 1. The zero-order chi connectivity index (χ0) is 25.4. The molecule has 186 valence electrons. The van der Waals surface area contributed by atoms with Gasteiger partial charge in [-0.1, -0.05) is 12.1 Å². The quantitative estimate of drug-likeness (QED) is 0.400. The molecule has 0 aliphatic carbocycles. The van der Waals surface area contributed by atoms with E-state index in [9.17, 15) is 18.3 Å². The number of rotatable bonds is 6. The molecule has 10 heteroatoms. The molecule has 1 N–H and O–H groups in total. The number of nitrogens with zero attached hydrogens (tertiary/aromatic N) is 5. The maximum atomic E-state index is 14.0. The number of methoxy groups -OCH3 is 1. The van der Waals surface area contributed by atoms with Gasteiger partial charge in [-0.25, -0.2) is 27.8 Å². The van der Waals surface area contributed by atoms with Gasteiger partial charge in [0, 0.05) is 12.7 Å². The van der Waals surface area contributed by atoms with E-state index in [1.54, 1.807) is 24.2 Å². The monoisotopic (exact) mass is 495 g/mol. The van der Waals surface area contributed by atoms with Gasteiger partial charge in [0.15, 0.2) is 23.3 Å². The Balaban J connectivity index is 1.48. The number of hydrogen-bond acceptors (Lipinski definition) is 5. The van der Waals surface area contributed by atoms with E-state index >= 15 is 0 Å². The van der Waals surface area contributed by atoms with E-state index in [4.69, 9.17) is 4.74 Å². The zero-order valence-corrected chi connectivity index (χ0v) is 19.8. The van der Waals surface area contributed by atoms with Gasteiger partial charge in [-0.05, 0) is 61.2 Å². The molecule has 1 aliphatic heterocycles. The van der Waals surface area contributed by atoms with Gasteiger partial charge in [-0.15, -0.1) is 0 Å². The Morgan fingerprint density at radius 2 is 1.92 bits per heavy atom. The van der Waals surface area contributed by atoms with E-state index in [-0.39, 0.29) is 5.56 Å². The number of benzene rings is 2. The second kappa shape index (κ2) is 9.27. The lowest BCUT2D eigenvalue weighted by Crippen LogP contribution is -2.39. The molecule has 5 rings (SSSR count). The maximum Gasteiger partial charge on any atom is 0.194 e. The van der Waals surface area contributed by atoms with Crippen molar-refractivity contribution in [1.29, 1.82) is 0 Å². The first-order valence-corrected chi connectivity index (χ1v) is 11.4. The molecule has 0 amide bonds. The molecule has 0 fully saturated rings. The second-order valence-electron chi connectivity index (χ2n) is 8.80. The van der Waals surface area contributed by atoms with Crippen LogP contribution in [0.1, 0.15) is 41.3 Å². The Kier molecular flexibility index (Phi) is 6.13. The molecule has 0 radical (unpaired) electrons. The Labute approximate surface area is 205 Å². The summed E-state index contributed by atoms with van der Waals surface area (Å²) in [5.41, 5.74) is 1.51.